The summed E-state index contributed by atoms with van der Waals surface area (Å²) in [4.78, 5) is 11.6. The smallest absolute Gasteiger partial charge is 0.324 e. The molecule has 1 aliphatic rings. The second-order valence-corrected chi connectivity index (χ2v) is 7.16. The van der Waals surface area contributed by atoms with Crippen molar-refractivity contribution in [3.63, 3.8) is 0 Å². The molecule has 1 rings (SSSR count). The fourth-order valence-electron chi connectivity index (χ4n) is 2.23. The highest BCUT2D eigenvalue weighted by atomic mass is 32.2. The Morgan fingerprint density at radius 3 is 2.22 bits per heavy atom. The Bertz CT molecular complexity index is 372. The first-order valence-electron chi connectivity index (χ1n) is 6.47. The number of nitrogens with one attached hydrogen (secondary N) is 1. The van der Waals surface area contributed by atoms with E-state index in [9.17, 15) is 13.2 Å². The van der Waals surface area contributed by atoms with Crippen LogP contribution in [0.5, 0.6) is 0 Å². The minimum absolute atomic E-state index is 0.129. The molecule has 6 heteroatoms. The van der Waals surface area contributed by atoms with Gasteiger partial charge in [0.25, 0.3) is 0 Å². The molecule has 0 heterocycles. The van der Waals surface area contributed by atoms with Crippen molar-refractivity contribution in [3.05, 3.63) is 0 Å². The molecule has 0 amide bonds. The molecule has 0 aliphatic heterocycles. The standard InChI is InChI=1S/C12H23NO4S/c1-9(2)11(12(14)17-3)13-18(15,16)10-7-5-4-6-8-10/h9-11,13H,4-8H2,1-3H3. The first-order chi connectivity index (χ1) is 8.38. The molecule has 5 nitrogen and oxygen atoms in total. The Kier molecular flexibility index (Phi) is 5.59. The second-order valence-electron chi connectivity index (χ2n) is 5.17. The average molecular weight is 277 g/mol. The fourth-order valence-corrected chi connectivity index (χ4v) is 4.10. The van der Waals surface area contributed by atoms with Crippen molar-refractivity contribution in [3.8, 4) is 0 Å². The molecule has 1 saturated carbocycles. The molecule has 1 aliphatic carbocycles. The highest BCUT2D eigenvalue weighted by Gasteiger charge is 2.33. The van der Waals surface area contributed by atoms with E-state index in [1.807, 2.05) is 0 Å². The maximum Gasteiger partial charge on any atom is 0.324 e. The molecule has 0 saturated heterocycles. The van der Waals surface area contributed by atoms with Gasteiger partial charge in [-0.2, -0.15) is 0 Å². The van der Waals surface area contributed by atoms with Crippen molar-refractivity contribution in [2.45, 2.75) is 57.2 Å². The number of rotatable bonds is 5. The zero-order valence-corrected chi connectivity index (χ0v) is 12.1. The van der Waals surface area contributed by atoms with Crippen LogP contribution in [0.25, 0.3) is 0 Å². The summed E-state index contributed by atoms with van der Waals surface area (Å²) in [6.45, 7) is 3.59. The highest BCUT2D eigenvalue weighted by Crippen LogP contribution is 2.23. The Labute approximate surface area is 109 Å². The van der Waals surface area contributed by atoms with Gasteiger partial charge in [0.15, 0.2) is 0 Å². The van der Waals surface area contributed by atoms with Crippen LogP contribution in [-0.2, 0) is 19.6 Å². The Hall–Kier alpha value is -0.620. The van der Waals surface area contributed by atoms with Crippen LogP contribution in [0.15, 0.2) is 0 Å². The van der Waals surface area contributed by atoms with Gasteiger partial charge in [0.1, 0.15) is 6.04 Å². The molecule has 0 aromatic rings. The lowest BCUT2D eigenvalue weighted by atomic mass is 10.0. The number of carbonyl (C=O) groups is 1. The minimum atomic E-state index is -3.43. The third-order valence-electron chi connectivity index (χ3n) is 3.40. The summed E-state index contributed by atoms with van der Waals surface area (Å²) in [6.07, 6.45) is 4.34. The molecule has 1 fully saturated rings. The van der Waals surface area contributed by atoms with Crippen molar-refractivity contribution in [2.24, 2.45) is 5.92 Å². The van der Waals surface area contributed by atoms with Crippen molar-refractivity contribution in [1.29, 1.82) is 0 Å². The van der Waals surface area contributed by atoms with E-state index in [1.54, 1.807) is 13.8 Å². The van der Waals surface area contributed by atoms with Gasteiger partial charge in [-0.15, -0.1) is 0 Å². The van der Waals surface area contributed by atoms with E-state index < -0.39 is 22.0 Å². The van der Waals surface area contributed by atoms with Gasteiger partial charge in [0.05, 0.1) is 12.4 Å². The largest absolute Gasteiger partial charge is 0.468 e. The third kappa shape index (κ3) is 3.95. The van der Waals surface area contributed by atoms with Gasteiger partial charge in [-0.3, -0.25) is 4.79 Å². The molecule has 18 heavy (non-hydrogen) atoms. The van der Waals surface area contributed by atoms with Crippen molar-refractivity contribution in [1.82, 2.24) is 4.72 Å². The first kappa shape index (κ1) is 15.4. The lowest BCUT2D eigenvalue weighted by Gasteiger charge is -2.26. The summed E-state index contributed by atoms with van der Waals surface area (Å²) >= 11 is 0. The fraction of sp³-hybridized carbons (Fsp3) is 0.917. The first-order valence-corrected chi connectivity index (χ1v) is 8.02. The van der Waals surface area contributed by atoms with Crippen LogP contribution in [0.4, 0.5) is 0 Å². The zero-order chi connectivity index (χ0) is 13.8. The number of ether oxygens (including phenoxy) is 1. The maximum atomic E-state index is 12.2. The Morgan fingerprint density at radius 1 is 1.22 bits per heavy atom. The van der Waals surface area contributed by atoms with E-state index in [-0.39, 0.29) is 11.2 Å². The van der Waals surface area contributed by atoms with Gasteiger partial charge in [0.2, 0.25) is 10.0 Å². The van der Waals surface area contributed by atoms with Crippen molar-refractivity contribution in [2.75, 3.05) is 7.11 Å². The lowest BCUT2D eigenvalue weighted by molar-refractivity contribution is -0.143. The summed E-state index contributed by atoms with van der Waals surface area (Å²) in [5.74, 6) is -0.653. The average Bonchev–Trinajstić information content (AvgIpc) is 2.36. The number of methoxy groups -OCH3 is 1. The number of esters is 1. The summed E-state index contributed by atoms with van der Waals surface area (Å²) in [7, 11) is -2.16. The number of carbonyl (C=O) groups excluding carboxylic acids is 1. The van der Waals surface area contributed by atoms with E-state index >= 15 is 0 Å². The molecule has 106 valence electrons. The summed E-state index contributed by atoms with van der Waals surface area (Å²) in [5.41, 5.74) is 0. The second kappa shape index (κ2) is 6.52. The van der Waals surface area contributed by atoms with Gasteiger partial charge >= 0.3 is 5.97 Å². The van der Waals surface area contributed by atoms with Gasteiger partial charge in [0, 0.05) is 0 Å². The molecule has 0 aromatic carbocycles. The molecular weight excluding hydrogens is 254 g/mol. The van der Waals surface area contributed by atoms with Crippen LogP contribution in [0, 0.1) is 5.92 Å². The quantitative estimate of drug-likeness (QED) is 0.772. The molecule has 0 spiro atoms. The molecule has 1 atom stereocenters. The normalized spacial score (nSPS) is 19.8. The summed E-state index contributed by atoms with van der Waals surface area (Å²) in [6, 6.07) is -0.790. The topological polar surface area (TPSA) is 72.5 Å². The van der Waals surface area contributed by atoms with E-state index in [2.05, 4.69) is 9.46 Å². The van der Waals surface area contributed by atoms with Crippen LogP contribution in [0.2, 0.25) is 0 Å². The lowest BCUT2D eigenvalue weighted by Crippen LogP contribution is -2.48. The van der Waals surface area contributed by atoms with Gasteiger partial charge in [-0.25, -0.2) is 13.1 Å². The molecular formula is C12H23NO4S. The van der Waals surface area contributed by atoms with Crippen LogP contribution in [-0.4, -0.2) is 32.8 Å². The number of sulfonamides is 1. The highest BCUT2D eigenvalue weighted by molar-refractivity contribution is 7.90. The summed E-state index contributed by atoms with van der Waals surface area (Å²) in [5, 5.41) is -0.364. The SMILES string of the molecule is COC(=O)C(NS(=O)(=O)C1CCCCC1)C(C)C. The van der Waals surface area contributed by atoms with E-state index in [1.165, 1.54) is 7.11 Å². The number of hydrogen-bond acceptors (Lipinski definition) is 4. The van der Waals surface area contributed by atoms with E-state index in [4.69, 9.17) is 0 Å². The van der Waals surface area contributed by atoms with Gasteiger partial charge in [-0.05, 0) is 18.8 Å². The maximum absolute atomic E-state index is 12.2. The molecule has 0 bridgehead atoms. The van der Waals surface area contributed by atoms with Crippen LogP contribution in [0.1, 0.15) is 46.0 Å². The Balaban J connectivity index is 2.75. The number of hydrogen-bond donors (Lipinski definition) is 1. The van der Waals surface area contributed by atoms with Crippen LogP contribution in [0.3, 0.4) is 0 Å². The van der Waals surface area contributed by atoms with Gasteiger partial charge in [-0.1, -0.05) is 33.1 Å². The van der Waals surface area contributed by atoms with Crippen LogP contribution >= 0.6 is 0 Å². The predicted octanol–water partition coefficient (Wildman–Crippen LogP) is 1.44. The Morgan fingerprint density at radius 2 is 1.78 bits per heavy atom. The van der Waals surface area contributed by atoms with Crippen molar-refractivity contribution >= 4 is 16.0 Å². The van der Waals surface area contributed by atoms with E-state index in [0.717, 1.165) is 19.3 Å². The summed E-state index contributed by atoms with van der Waals surface area (Å²) < 4.78 is 31.6. The van der Waals surface area contributed by atoms with E-state index in [0.29, 0.717) is 12.8 Å². The van der Waals surface area contributed by atoms with Gasteiger partial charge < -0.3 is 4.74 Å². The molecule has 1 N–H and O–H groups in total. The molecule has 0 radical (unpaired) electrons. The third-order valence-corrected chi connectivity index (χ3v) is 5.34. The monoisotopic (exact) mass is 277 g/mol. The molecule has 0 aromatic heterocycles. The molecule has 1 unspecified atom stereocenters. The predicted molar refractivity (Wildman–Crippen MR) is 69.6 cm³/mol. The van der Waals surface area contributed by atoms with Crippen molar-refractivity contribution < 1.29 is 17.9 Å². The van der Waals surface area contributed by atoms with Crippen LogP contribution < -0.4 is 4.72 Å². The minimum Gasteiger partial charge on any atom is -0.468 e. The zero-order valence-electron chi connectivity index (χ0n) is 11.3.